The Morgan fingerprint density at radius 1 is 1.50 bits per heavy atom. The molecule has 0 spiro atoms. The first-order valence-electron chi connectivity index (χ1n) is 0.521. The Morgan fingerprint density at radius 2 is 1.50 bits per heavy atom. The van der Waals surface area contributed by atoms with Crippen molar-refractivity contribution in [3.63, 3.8) is 0 Å². The zero-order valence-electron chi connectivity index (χ0n) is 1.61. The molecule has 0 N–H and O–H groups in total. The molecule has 0 aromatic heterocycles. The van der Waals surface area contributed by atoms with Gasteiger partial charge in [-0.15, -0.1) is 0 Å². The monoisotopic (exact) mass is 301 g/mol. The molecule has 0 atom stereocenters. The maximum atomic E-state index is 9.57. The van der Waals surface area contributed by atoms with Crippen LogP contribution >= 0.6 is 47.5 Å². The second kappa shape index (κ2) is 3.06. The van der Waals surface area contributed by atoms with Crippen LogP contribution in [0.15, 0.2) is 0 Å². The molecule has 26 valence electrons. The molecule has 0 unspecified atom stereocenters. The van der Waals surface area contributed by atoms with Gasteiger partial charge < -0.3 is 4.89 Å². The molecule has 1 nitrogen and oxygen atoms in total. The van der Waals surface area contributed by atoms with Crippen LogP contribution in [0.4, 0.5) is 0 Å². The third-order valence-electron chi connectivity index (χ3n) is 0. The average Bonchev–Trinajstić information content (AvgIpc) is 0.811. The second-order valence-electron chi connectivity index (χ2n) is 0.202. The van der Waals surface area contributed by atoms with Crippen LogP contribution in [0.2, 0.25) is 0 Å². The van der Waals surface area contributed by atoms with Gasteiger partial charge in [-0.1, -0.05) is 47.5 Å². The van der Waals surface area contributed by atoms with Gasteiger partial charge in [-0.25, -0.2) is 0 Å². The number of hydrogen-bond acceptors (Lipinski definition) is 1. The molecular formula is I2OP-. The van der Waals surface area contributed by atoms with Gasteiger partial charge in [0.05, 0.1) is 0 Å². The highest BCUT2D eigenvalue weighted by Crippen LogP contribution is 2.43. The van der Waals surface area contributed by atoms with Gasteiger partial charge in [-0.2, -0.15) is 0 Å². The van der Waals surface area contributed by atoms with E-state index in [-0.39, 0.29) is 0 Å². The normalized spacial score (nSPS) is 9.00. The second-order valence-corrected chi connectivity index (χ2v) is 11.4. The summed E-state index contributed by atoms with van der Waals surface area (Å²) in [6.07, 6.45) is 0. The van der Waals surface area contributed by atoms with Crippen LogP contribution in [-0.4, -0.2) is 0 Å². The largest absolute Gasteiger partial charge is 0.814 e. The number of hydrogen-bond donors (Lipinski definition) is 0. The summed E-state index contributed by atoms with van der Waals surface area (Å²) in [5.41, 5.74) is 0. The summed E-state index contributed by atoms with van der Waals surface area (Å²) < 4.78 is -0.930. The van der Waals surface area contributed by atoms with Crippen molar-refractivity contribution in [2.24, 2.45) is 0 Å². The summed E-state index contributed by atoms with van der Waals surface area (Å²) in [5, 5.41) is 0. The van der Waals surface area contributed by atoms with E-state index in [4.69, 9.17) is 0 Å². The molecule has 0 radical (unpaired) electrons. The van der Waals surface area contributed by atoms with Crippen LogP contribution in [0.5, 0.6) is 0 Å². The van der Waals surface area contributed by atoms with Crippen molar-refractivity contribution in [1.29, 1.82) is 0 Å². The molecule has 0 aliphatic carbocycles. The fourth-order valence-corrected chi connectivity index (χ4v) is 0. The van der Waals surface area contributed by atoms with Gasteiger partial charge in [-0.3, -0.25) is 0 Å². The molecule has 0 rings (SSSR count). The maximum absolute atomic E-state index is 9.57. The molecule has 0 fully saturated rings. The van der Waals surface area contributed by atoms with Gasteiger partial charge in [0.2, 0.25) is 0 Å². The lowest BCUT2D eigenvalue weighted by atomic mass is 15.9. The molecule has 4 heavy (non-hydrogen) atoms. The van der Waals surface area contributed by atoms with Crippen LogP contribution in [0.3, 0.4) is 0 Å². The van der Waals surface area contributed by atoms with E-state index in [9.17, 15) is 4.89 Å². The summed E-state index contributed by atoms with van der Waals surface area (Å²) in [7, 11) is 0. The Morgan fingerprint density at radius 3 is 1.50 bits per heavy atom. The number of halogens is 2. The van der Waals surface area contributed by atoms with E-state index in [1.165, 1.54) is 0 Å². The Kier molecular flexibility index (Phi) is 4.47. The van der Waals surface area contributed by atoms with Crippen molar-refractivity contribution < 1.29 is 4.89 Å². The predicted octanol–water partition coefficient (Wildman–Crippen LogP) is 1.44. The zero-order chi connectivity index (χ0) is 3.58. The Bertz CT molecular complexity index is 10.8. The molecule has 0 aliphatic rings. The molecule has 4 heteroatoms. The lowest BCUT2D eigenvalue weighted by Gasteiger charge is -1.97. The van der Waals surface area contributed by atoms with Crippen molar-refractivity contribution in [3.8, 4) is 0 Å². The molecule has 0 heterocycles. The quantitative estimate of drug-likeness (QED) is 0.490. The third-order valence-corrected chi connectivity index (χ3v) is 0. The minimum atomic E-state index is -0.930. The molecule has 0 aromatic carbocycles. The van der Waals surface area contributed by atoms with E-state index in [0.29, 0.717) is 0 Å². The summed E-state index contributed by atoms with van der Waals surface area (Å²) in [6, 6.07) is 0. The van der Waals surface area contributed by atoms with Crippen molar-refractivity contribution in [1.82, 2.24) is 0 Å². The smallest absolute Gasteiger partial charge is 0.0601 e. The average molecular weight is 301 g/mol. The maximum Gasteiger partial charge on any atom is -0.0601 e. The van der Waals surface area contributed by atoms with E-state index in [1.54, 1.807) is 0 Å². The molecule has 0 aliphatic heterocycles. The van der Waals surface area contributed by atoms with E-state index >= 15 is 0 Å². The van der Waals surface area contributed by atoms with Crippen LogP contribution in [-0.2, 0) is 0 Å². The van der Waals surface area contributed by atoms with Gasteiger partial charge in [0, 0.05) is 0 Å². The van der Waals surface area contributed by atoms with E-state index < -0.39 is 3.43 Å². The Labute approximate surface area is 52.0 Å². The van der Waals surface area contributed by atoms with Crippen LogP contribution in [0, 0.1) is 0 Å². The lowest BCUT2D eigenvalue weighted by molar-refractivity contribution is -0.144. The van der Waals surface area contributed by atoms with Gasteiger partial charge in [0.15, 0.2) is 0 Å². The van der Waals surface area contributed by atoms with Crippen LogP contribution < -0.4 is 4.89 Å². The van der Waals surface area contributed by atoms with Crippen molar-refractivity contribution in [3.05, 3.63) is 0 Å². The van der Waals surface area contributed by atoms with E-state index in [0.717, 1.165) is 0 Å². The van der Waals surface area contributed by atoms with Gasteiger partial charge in [-0.05, 0) is 0 Å². The summed E-state index contributed by atoms with van der Waals surface area (Å²) in [4.78, 5) is 9.57. The van der Waals surface area contributed by atoms with Crippen molar-refractivity contribution >= 4 is 47.5 Å². The third kappa shape index (κ3) is 9.14. The highest BCUT2D eigenvalue weighted by Gasteiger charge is 1.58. The van der Waals surface area contributed by atoms with E-state index in [2.05, 4.69) is 0 Å². The Balaban J connectivity index is 2.32. The molecule has 0 saturated carbocycles. The van der Waals surface area contributed by atoms with Crippen molar-refractivity contribution in [2.45, 2.75) is 0 Å². The predicted molar refractivity (Wildman–Crippen MR) is 35.0 cm³/mol. The van der Waals surface area contributed by atoms with Gasteiger partial charge in [0.25, 0.3) is 0 Å². The number of rotatable bonds is 0. The fourth-order valence-electron chi connectivity index (χ4n) is 0. The van der Waals surface area contributed by atoms with Gasteiger partial charge >= 0.3 is 0 Å². The Hall–Kier alpha value is 1.85. The van der Waals surface area contributed by atoms with Crippen LogP contribution in [0.1, 0.15) is 0 Å². The van der Waals surface area contributed by atoms with Gasteiger partial charge in [0.1, 0.15) is 0 Å². The summed E-state index contributed by atoms with van der Waals surface area (Å²) in [6.45, 7) is 0. The minimum absolute atomic E-state index is 0.930. The standard InChI is InChI=1S/I2OP/c1-4(2)3/q-1. The zero-order valence-corrected chi connectivity index (χ0v) is 6.82. The molecule has 0 amide bonds. The molecule has 0 bridgehead atoms. The van der Waals surface area contributed by atoms with Crippen LogP contribution in [0.25, 0.3) is 0 Å². The van der Waals surface area contributed by atoms with Crippen molar-refractivity contribution in [2.75, 3.05) is 0 Å². The first kappa shape index (κ1) is 5.85. The SMILES string of the molecule is [O-]P(I)I. The first-order chi connectivity index (χ1) is 1.73. The van der Waals surface area contributed by atoms with E-state index in [1.807, 2.05) is 44.1 Å². The molecule has 0 aromatic rings. The topological polar surface area (TPSA) is 23.1 Å². The fraction of sp³-hybridized carbons (Fsp3) is 0. The lowest BCUT2D eigenvalue weighted by Crippen LogP contribution is -1.73. The molecule has 0 saturated heterocycles. The molecular weight excluding hydrogens is 301 g/mol. The summed E-state index contributed by atoms with van der Waals surface area (Å²) in [5.74, 6) is 0. The highest BCUT2D eigenvalue weighted by molar-refractivity contribution is 14.3. The first-order valence-corrected chi connectivity index (χ1v) is 7.35. The highest BCUT2D eigenvalue weighted by atomic mass is 127. The summed E-state index contributed by atoms with van der Waals surface area (Å²) >= 11 is 3.68. The minimum Gasteiger partial charge on any atom is -0.814 e.